The number of aliphatic hydroxyl groups excluding tert-OH is 2. The van der Waals surface area contributed by atoms with Gasteiger partial charge in [-0.2, -0.15) is 0 Å². The molecule has 67 heavy (non-hydrogen) atoms. The predicted octanol–water partition coefficient (Wildman–Crippen LogP) is 13.5. The summed E-state index contributed by atoms with van der Waals surface area (Å²) in [7, 11) is 0. The Morgan fingerprint density at radius 3 is 2.30 bits per heavy atom. The first kappa shape index (κ1) is 50.3. The highest BCUT2D eigenvalue weighted by molar-refractivity contribution is 8.00. The van der Waals surface area contributed by atoms with Gasteiger partial charge in [0.05, 0.1) is 23.5 Å². The Morgan fingerprint density at radius 2 is 1.55 bits per heavy atom. The van der Waals surface area contributed by atoms with Gasteiger partial charge in [0.1, 0.15) is 18.1 Å². The molecule has 1 amide bonds. The molecule has 3 N–H and O–H groups in total. The number of carbonyl (C=O) groups excluding carboxylic acids is 1. The number of hydrogen-bond acceptors (Lipinski definition) is 9. The Labute approximate surface area is 403 Å². The number of nitrogens with one attached hydrogen (secondary N) is 1. The van der Waals surface area contributed by atoms with Crippen LogP contribution in [-0.4, -0.2) is 59.4 Å². The Hall–Kier alpha value is -4.61. The van der Waals surface area contributed by atoms with Gasteiger partial charge in [-0.05, 0) is 96.2 Å². The SMILES string of the molecule is C=CCOC12Oc3ccc(OC(=O)NCCCCCCCCCCCC)cc3C3C(CCCCO)C(CCCCO)C=C(C(=NOCc4ccccc4)CC1Sc1ccc4ccccc4c1)C32. The van der Waals surface area contributed by atoms with E-state index in [1.54, 1.807) is 17.8 Å². The van der Waals surface area contributed by atoms with Crippen LogP contribution < -0.4 is 14.8 Å². The molecule has 4 aromatic carbocycles. The van der Waals surface area contributed by atoms with Crippen LogP contribution >= 0.6 is 11.8 Å². The number of ether oxygens (including phenoxy) is 3. The van der Waals surface area contributed by atoms with E-state index in [-0.39, 0.29) is 48.7 Å². The van der Waals surface area contributed by atoms with Crippen LogP contribution in [0.5, 0.6) is 11.5 Å². The molecule has 1 aliphatic heterocycles. The molecule has 7 rings (SSSR count). The molecular formula is C57H74N2O7S. The Morgan fingerprint density at radius 1 is 0.836 bits per heavy atom. The number of nitrogens with zero attached hydrogens (tertiary/aromatic N) is 1. The molecule has 0 aromatic heterocycles. The molecule has 0 saturated heterocycles. The molecule has 6 unspecified atom stereocenters. The third-order valence-electron chi connectivity index (χ3n) is 13.9. The molecule has 0 spiro atoms. The van der Waals surface area contributed by atoms with Crippen LogP contribution in [0.2, 0.25) is 0 Å². The van der Waals surface area contributed by atoms with Crippen LogP contribution in [0.4, 0.5) is 4.79 Å². The van der Waals surface area contributed by atoms with Crippen molar-refractivity contribution in [3.05, 3.63) is 126 Å². The number of rotatable bonds is 28. The van der Waals surface area contributed by atoms with Gasteiger partial charge >= 0.3 is 6.09 Å². The fraction of sp³-hybridized carbons (Fsp3) is 0.509. The summed E-state index contributed by atoms with van der Waals surface area (Å²) in [6.07, 6.45) is 21.4. The zero-order valence-corrected chi connectivity index (χ0v) is 40.6. The summed E-state index contributed by atoms with van der Waals surface area (Å²) < 4.78 is 20.6. The summed E-state index contributed by atoms with van der Waals surface area (Å²) in [5.74, 6) is -0.194. The Kier molecular flexibility index (Phi) is 19.7. The third-order valence-corrected chi connectivity index (χ3v) is 15.2. The molecule has 1 saturated carbocycles. The number of allylic oxidation sites excluding steroid dienone is 1. The van der Waals surface area contributed by atoms with Crippen molar-refractivity contribution in [3.63, 3.8) is 0 Å². The lowest BCUT2D eigenvalue weighted by atomic mass is 9.56. The van der Waals surface area contributed by atoms with E-state index < -0.39 is 11.9 Å². The summed E-state index contributed by atoms with van der Waals surface area (Å²) in [6, 6.07) is 30.9. The first-order chi connectivity index (χ1) is 33.0. The zero-order chi connectivity index (χ0) is 46.7. The lowest BCUT2D eigenvalue weighted by molar-refractivity contribution is -0.223. The van der Waals surface area contributed by atoms with Crippen molar-refractivity contribution in [3.8, 4) is 11.5 Å². The van der Waals surface area contributed by atoms with E-state index in [1.807, 2.05) is 48.5 Å². The molecule has 10 heteroatoms. The van der Waals surface area contributed by atoms with E-state index in [9.17, 15) is 15.0 Å². The lowest BCUT2D eigenvalue weighted by Gasteiger charge is -2.58. The largest absolute Gasteiger partial charge is 0.460 e. The highest BCUT2D eigenvalue weighted by Crippen LogP contribution is 2.63. The standard InChI is InChI=1S/C57H74N2O7S/c1-3-5-6-7-8-9-10-11-12-20-33-58-56(62)65-46-30-32-52-50(39-46)54-48(28-19-22-35-61)45(27-18-21-34-60)38-49-51(59-64-41-42-23-14-13-15-24-42)40-53(57(66-52,55(49)54)63-36-4-2)67-47-31-29-43-25-16-17-26-44(43)37-47/h4,13-17,23-26,29-32,37-39,45,48,53-55,60-61H,2-3,5-12,18-22,27-28,33-36,40-41H2,1H3,(H,58,62). The number of hydrogen-bond donors (Lipinski definition) is 3. The van der Waals surface area contributed by atoms with Crippen LogP contribution in [0.15, 0.2) is 125 Å². The van der Waals surface area contributed by atoms with E-state index in [0.717, 1.165) is 71.2 Å². The van der Waals surface area contributed by atoms with E-state index in [4.69, 9.17) is 24.2 Å². The minimum absolute atomic E-state index is 0.115. The summed E-state index contributed by atoms with van der Waals surface area (Å²) in [6.45, 7) is 7.77. The third kappa shape index (κ3) is 13.3. The summed E-state index contributed by atoms with van der Waals surface area (Å²) >= 11 is 1.74. The van der Waals surface area contributed by atoms with E-state index in [2.05, 4.69) is 67.4 Å². The monoisotopic (exact) mass is 931 g/mol. The van der Waals surface area contributed by atoms with Gasteiger partial charge in [0.2, 0.25) is 5.79 Å². The van der Waals surface area contributed by atoms with Gasteiger partial charge in [0, 0.05) is 42.6 Å². The molecule has 2 aliphatic carbocycles. The predicted molar refractivity (Wildman–Crippen MR) is 272 cm³/mol. The number of fused-ring (bicyclic) bond motifs is 3. The Bertz CT molecular complexity index is 2230. The van der Waals surface area contributed by atoms with Crippen molar-refractivity contribution in [1.82, 2.24) is 5.32 Å². The van der Waals surface area contributed by atoms with Gasteiger partial charge in [0.25, 0.3) is 0 Å². The van der Waals surface area contributed by atoms with Gasteiger partial charge in [-0.25, -0.2) is 4.79 Å². The fourth-order valence-electron chi connectivity index (χ4n) is 10.6. The number of aliphatic hydroxyl groups is 2. The van der Waals surface area contributed by atoms with Crippen molar-refractivity contribution in [2.75, 3.05) is 26.4 Å². The number of thioether (sulfide) groups is 1. The van der Waals surface area contributed by atoms with Crippen LogP contribution in [0.25, 0.3) is 10.8 Å². The smallest absolute Gasteiger partial charge is 0.412 e. The fourth-order valence-corrected chi connectivity index (χ4v) is 11.9. The van der Waals surface area contributed by atoms with Crippen LogP contribution in [0, 0.1) is 17.8 Å². The second-order valence-corrected chi connectivity index (χ2v) is 19.9. The maximum Gasteiger partial charge on any atom is 0.412 e. The minimum atomic E-state index is -1.15. The second-order valence-electron chi connectivity index (χ2n) is 18.6. The topological polar surface area (TPSA) is 119 Å². The summed E-state index contributed by atoms with van der Waals surface area (Å²) in [4.78, 5) is 20.7. The molecule has 6 atom stereocenters. The summed E-state index contributed by atoms with van der Waals surface area (Å²) in [5.41, 5.74) is 3.92. The minimum Gasteiger partial charge on any atom is -0.460 e. The zero-order valence-electron chi connectivity index (χ0n) is 39.8. The average molecular weight is 931 g/mol. The van der Waals surface area contributed by atoms with E-state index in [0.29, 0.717) is 43.9 Å². The summed E-state index contributed by atoms with van der Waals surface area (Å²) in [5, 5.41) is 30.1. The molecule has 3 aliphatic rings. The highest BCUT2D eigenvalue weighted by atomic mass is 32.2. The molecule has 9 nitrogen and oxygen atoms in total. The molecule has 1 heterocycles. The number of carbonyl (C=O) groups is 1. The molecular weight excluding hydrogens is 857 g/mol. The number of amides is 1. The van der Waals surface area contributed by atoms with E-state index in [1.165, 1.54) is 56.8 Å². The Balaban J connectivity index is 1.23. The van der Waals surface area contributed by atoms with Crippen molar-refractivity contribution in [1.29, 1.82) is 0 Å². The normalized spacial score (nSPS) is 22.3. The van der Waals surface area contributed by atoms with Gasteiger partial charge < -0.3 is 34.6 Å². The lowest BCUT2D eigenvalue weighted by Crippen LogP contribution is -2.64. The van der Waals surface area contributed by atoms with Gasteiger partial charge in [-0.15, -0.1) is 18.3 Å². The van der Waals surface area contributed by atoms with Crippen molar-refractivity contribution in [2.24, 2.45) is 22.9 Å². The maximum absolute atomic E-state index is 13.4. The van der Waals surface area contributed by atoms with Gasteiger partial charge in [-0.3, -0.25) is 0 Å². The van der Waals surface area contributed by atoms with Crippen molar-refractivity contribution in [2.45, 2.75) is 145 Å². The van der Waals surface area contributed by atoms with Crippen LogP contribution in [0.1, 0.15) is 133 Å². The first-order valence-corrected chi connectivity index (χ1v) is 26.2. The van der Waals surface area contributed by atoms with E-state index >= 15 is 0 Å². The van der Waals surface area contributed by atoms with Crippen LogP contribution in [-0.2, 0) is 16.2 Å². The van der Waals surface area contributed by atoms with Crippen molar-refractivity contribution < 1.29 is 34.1 Å². The maximum atomic E-state index is 13.4. The number of oxime groups is 1. The quantitative estimate of drug-likeness (QED) is 0.0293. The number of unbranched alkanes of at least 4 members (excludes halogenated alkanes) is 11. The molecule has 1 fully saturated rings. The molecule has 360 valence electrons. The molecule has 4 aromatic rings. The highest BCUT2D eigenvalue weighted by Gasteiger charge is 2.64. The average Bonchev–Trinajstić information content (AvgIpc) is 3.34. The van der Waals surface area contributed by atoms with Crippen molar-refractivity contribution >= 4 is 34.3 Å². The molecule has 0 bridgehead atoms. The first-order valence-electron chi connectivity index (χ1n) is 25.3. The van der Waals surface area contributed by atoms with Gasteiger partial charge in [0.15, 0.2) is 0 Å². The number of benzene rings is 4. The van der Waals surface area contributed by atoms with Gasteiger partial charge in [-0.1, -0.05) is 156 Å². The molecule has 0 radical (unpaired) electrons. The second kappa shape index (κ2) is 26.2. The van der Waals surface area contributed by atoms with Crippen LogP contribution in [0.3, 0.4) is 0 Å².